The molecule has 0 spiro atoms. The van der Waals surface area contributed by atoms with Crippen LogP contribution in [0.5, 0.6) is 0 Å². The van der Waals surface area contributed by atoms with Crippen LogP contribution < -0.4 is 0 Å². The van der Waals surface area contributed by atoms with Crippen LogP contribution in [-0.4, -0.2) is 36.5 Å². The summed E-state index contributed by atoms with van der Waals surface area (Å²) < 4.78 is 0. The summed E-state index contributed by atoms with van der Waals surface area (Å²) in [4.78, 5) is 2.43. The molecule has 2 heteroatoms. The average Bonchev–Trinajstić information content (AvgIpc) is 1.98. The van der Waals surface area contributed by atoms with Gasteiger partial charge in [0.2, 0.25) is 0 Å². The molecule has 0 saturated heterocycles. The van der Waals surface area contributed by atoms with Gasteiger partial charge in [0.1, 0.15) is 0 Å². The van der Waals surface area contributed by atoms with Crippen LogP contribution in [0.15, 0.2) is 0 Å². The molecule has 0 aliphatic heterocycles. The number of hydrogen-bond acceptors (Lipinski definition) is 2. The van der Waals surface area contributed by atoms with Crippen LogP contribution in [0.2, 0.25) is 0 Å². The molecule has 0 aliphatic rings. The standard InChI is InChI=1S/C9H21NS/c1-8(2)9(3)10(4)6-7-11-5/h8-9H,6-7H2,1-5H3. The minimum atomic E-state index is 0.710. The lowest BCUT2D eigenvalue weighted by Crippen LogP contribution is -2.34. The molecule has 0 aromatic heterocycles. The summed E-state index contributed by atoms with van der Waals surface area (Å²) in [7, 11) is 2.21. The largest absolute Gasteiger partial charge is 0.303 e. The summed E-state index contributed by atoms with van der Waals surface area (Å²) in [5.74, 6) is 2.01. The Morgan fingerprint density at radius 2 is 1.82 bits per heavy atom. The Morgan fingerprint density at radius 3 is 2.18 bits per heavy atom. The first-order valence-corrected chi connectivity index (χ1v) is 5.68. The van der Waals surface area contributed by atoms with Crippen LogP contribution >= 0.6 is 11.8 Å². The number of rotatable bonds is 5. The molecule has 1 nitrogen and oxygen atoms in total. The van der Waals surface area contributed by atoms with E-state index in [0.717, 1.165) is 5.92 Å². The van der Waals surface area contributed by atoms with Gasteiger partial charge in [-0.2, -0.15) is 11.8 Å². The molecule has 0 amide bonds. The first kappa shape index (κ1) is 11.3. The van der Waals surface area contributed by atoms with E-state index in [4.69, 9.17) is 0 Å². The Balaban J connectivity index is 3.55. The van der Waals surface area contributed by atoms with E-state index >= 15 is 0 Å². The Bertz CT molecular complexity index is 93.6. The molecule has 0 saturated carbocycles. The van der Waals surface area contributed by atoms with Crippen molar-refractivity contribution in [3.05, 3.63) is 0 Å². The summed E-state index contributed by atoms with van der Waals surface area (Å²) >= 11 is 1.92. The first-order chi connectivity index (χ1) is 5.09. The summed E-state index contributed by atoms with van der Waals surface area (Å²) in [6.07, 6.45) is 2.16. The van der Waals surface area contributed by atoms with Gasteiger partial charge in [-0.1, -0.05) is 13.8 Å². The second-order valence-corrected chi connectivity index (χ2v) is 4.44. The van der Waals surface area contributed by atoms with Crippen molar-refractivity contribution in [2.45, 2.75) is 26.8 Å². The molecule has 0 radical (unpaired) electrons. The van der Waals surface area contributed by atoms with Crippen molar-refractivity contribution < 1.29 is 0 Å². The summed E-state index contributed by atoms with van der Waals surface area (Å²) in [6, 6.07) is 0.710. The highest BCUT2D eigenvalue weighted by Crippen LogP contribution is 2.08. The molecule has 1 unspecified atom stereocenters. The van der Waals surface area contributed by atoms with Crippen LogP contribution in [0.1, 0.15) is 20.8 Å². The highest BCUT2D eigenvalue weighted by molar-refractivity contribution is 7.98. The van der Waals surface area contributed by atoms with Gasteiger partial charge in [-0.15, -0.1) is 0 Å². The summed E-state index contributed by atoms with van der Waals surface area (Å²) in [5.41, 5.74) is 0. The summed E-state index contributed by atoms with van der Waals surface area (Å²) in [5, 5.41) is 0. The fourth-order valence-corrected chi connectivity index (χ4v) is 1.42. The molecule has 68 valence electrons. The lowest BCUT2D eigenvalue weighted by atomic mass is 10.1. The Morgan fingerprint density at radius 1 is 1.27 bits per heavy atom. The maximum Gasteiger partial charge on any atom is 0.00872 e. The van der Waals surface area contributed by atoms with Crippen LogP contribution in [-0.2, 0) is 0 Å². The predicted octanol–water partition coefficient (Wildman–Crippen LogP) is 2.33. The van der Waals surface area contributed by atoms with Gasteiger partial charge in [0.15, 0.2) is 0 Å². The maximum absolute atomic E-state index is 2.43. The van der Waals surface area contributed by atoms with Crippen LogP contribution in [0.25, 0.3) is 0 Å². The van der Waals surface area contributed by atoms with Crippen molar-refractivity contribution in [1.82, 2.24) is 4.90 Å². The third kappa shape index (κ3) is 4.70. The van der Waals surface area contributed by atoms with Crippen molar-refractivity contribution >= 4 is 11.8 Å². The molecule has 0 heterocycles. The maximum atomic E-state index is 2.43. The predicted molar refractivity (Wildman–Crippen MR) is 55.3 cm³/mol. The zero-order valence-corrected chi connectivity index (χ0v) is 9.24. The second-order valence-electron chi connectivity index (χ2n) is 3.46. The zero-order chi connectivity index (χ0) is 8.85. The van der Waals surface area contributed by atoms with Crippen molar-refractivity contribution in [1.29, 1.82) is 0 Å². The van der Waals surface area contributed by atoms with Crippen molar-refractivity contribution in [2.75, 3.05) is 25.6 Å². The van der Waals surface area contributed by atoms with E-state index in [2.05, 4.69) is 39.0 Å². The SMILES string of the molecule is CSCCN(C)C(C)C(C)C. The normalized spacial score (nSPS) is 14.5. The molecule has 0 N–H and O–H groups in total. The van der Waals surface area contributed by atoms with Crippen molar-refractivity contribution in [2.24, 2.45) is 5.92 Å². The quantitative estimate of drug-likeness (QED) is 0.631. The van der Waals surface area contributed by atoms with Gasteiger partial charge >= 0.3 is 0 Å². The number of nitrogens with zero attached hydrogens (tertiary/aromatic N) is 1. The van der Waals surface area contributed by atoms with Gasteiger partial charge in [0.25, 0.3) is 0 Å². The fourth-order valence-electron chi connectivity index (χ4n) is 0.948. The van der Waals surface area contributed by atoms with Crippen molar-refractivity contribution in [3.63, 3.8) is 0 Å². The van der Waals surface area contributed by atoms with Crippen LogP contribution in [0, 0.1) is 5.92 Å². The van der Waals surface area contributed by atoms with Gasteiger partial charge < -0.3 is 4.90 Å². The lowest BCUT2D eigenvalue weighted by molar-refractivity contribution is 0.220. The lowest BCUT2D eigenvalue weighted by Gasteiger charge is -2.27. The molecule has 0 aliphatic carbocycles. The van der Waals surface area contributed by atoms with E-state index in [1.807, 2.05) is 11.8 Å². The molecule has 1 atom stereocenters. The van der Waals surface area contributed by atoms with Gasteiger partial charge in [-0.25, -0.2) is 0 Å². The van der Waals surface area contributed by atoms with Crippen molar-refractivity contribution in [3.8, 4) is 0 Å². The third-order valence-electron chi connectivity index (χ3n) is 2.31. The van der Waals surface area contributed by atoms with E-state index < -0.39 is 0 Å². The number of hydrogen-bond donors (Lipinski definition) is 0. The molecule has 0 rings (SSSR count). The number of thioether (sulfide) groups is 1. The highest BCUT2D eigenvalue weighted by Gasteiger charge is 2.11. The van der Waals surface area contributed by atoms with Gasteiger partial charge in [-0.3, -0.25) is 0 Å². The van der Waals surface area contributed by atoms with E-state index in [1.165, 1.54) is 12.3 Å². The van der Waals surface area contributed by atoms with E-state index in [-0.39, 0.29) is 0 Å². The zero-order valence-electron chi connectivity index (χ0n) is 8.42. The fraction of sp³-hybridized carbons (Fsp3) is 1.00. The monoisotopic (exact) mass is 175 g/mol. The molecule has 0 fully saturated rings. The summed E-state index contributed by atoms with van der Waals surface area (Å²) in [6.45, 7) is 8.06. The third-order valence-corrected chi connectivity index (χ3v) is 2.90. The Labute approximate surface area is 75.5 Å². The van der Waals surface area contributed by atoms with E-state index in [0.29, 0.717) is 6.04 Å². The Hall–Kier alpha value is 0.310. The molecule has 11 heavy (non-hydrogen) atoms. The first-order valence-electron chi connectivity index (χ1n) is 4.28. The van der Waals surface area contributed by atoms with Crippen LogP contribution in [0.3, 0.4) is 0 Å². The molecule has 0 aromatic rings. The van der Waals surface area contributed by atoms with Gasteiger partial charge in [0.05, 0.1) is 0 Å². The average molecular weight is 175 g/mol. The highest BCUT2D eigenvalue weighted by atomic mass is 32.2. The molecule has 0 aromatic carbocycles. The van der Waals surface area contributed by atoms with Crippen LogP contribution in [0.4, 0.5) is 0 Å². The minimum Gasteiger partial charge on any atom is -0.303 e. The van der Waals surface area contributed by atoms with E-state index in [9.17, 15) is 0 Å². The van der Waals surface area contributed by atoms with Gasteiger partial charge in [0, 0.05) is 18.3 Å². The second kappa shape index (κ2) is 5.90. The molecular formula is C9H21NS. The molecule has 0 bridgehead atoms. The van der Waals surface area contributed by atoms with Gasteiger partial charge in [-0.05, 0) is 26.1 Å². The smallest absolute Gasteiger partial charge is 0.00872 e. The topological polar surface area (TPSA) is 3.24 Å². The minimum absolute atomic E-state index is 0.710. The van der Waals surface area contributed by atoms with E-state index in [1.54, 1.807) is 0 Å². The Kier molecular flexibility index (Phi) is 6.06. The molecular weight excluding hydrogens is 154 g/mol.